The van der Waals surface area contributed by atoms with Gasteiger partial charge in [0.1, 0.15) is 5.60 Å². The first-order valence-electron chi connectivity index (χ1n) is 5.79. The topological polar surface area (TPSA) is 43.4 Å². The molecule has 104 valence electrons. The fraction of sp³-hybridized carbons (Fsp3) is 0.429. The number of carbonyl (C=O) groups is 2. The summed E-state index contributed by atoms with van der Waals surface area (Å²) in [4.78, 5) is 21.8. The molecular formula is C14H16F2O3. The van der Waals surface area contributed by atoms with Crippen molar-refractivity contribution >= 4 is 12.3 Å². The molecule has 0 aliphatic heterocycles. The minimum Gasteiger partial charge on any atom is -0.460 e. The van der Waals surface area contributed by atoms with Gasteiger partial charge in [0.2, 0.25) is 0 Å². The van der Waals surface area contributed by atoms with Gasteiger partial charge in [-0.2, -0.15) is 8.78 Å². The molecule has 0 bridgehead atoms. The lowest BCUT2D eigenvalue weighted by Gasteiger charge is -2.19. The Morgan fingerprint density at radius 3 is 2.16 bits per heavy atom. The minimum absolute atomic E-state index is 0.00418. The van der Waals surface area contributed by atoms with Gasteiger partial charge in [-0.05, 0) is 26.3 Å². The molecule has 0 saturated heterocycles. The van der Waals surface area contributed by atoms with Gasteiger partial charge in [-0.1, -0.05) is 24.3 Å². The number of rotatable bonds is 4. The summed E-state index contributed by atoms with van der Waals surface area (Å²) < 4.78 is 31.2. The van der Waals surface area contributed by atoms with Crippen molar-refractivity contribution in [2.45, 2.75) is 38.7 Å². The zero-order valence-corrected chi connectivity index (χ0v) is 11.1. The molecule has 1 aromatic rings. The highest BCUT2D eigenvalue weighted by Gasteiger charge is 2.30. The molecule has 1 rings (SSSR count). The predicted octanol–water partition coefficient (Wildman–Crippen LogP) is 2.86. The molecule has 0 saturated carbocycles. The fourth-order valence-electron chi connectivity index (χ4n) is 1.46. The quantitative estimate of drug-likeness (QED) is 0.624. The SMILES string of the molecule is CC(C)(C)OC(=O)Cc1ccc(C(F)(F)C=O)cc1. The molecule has 0 unspecified atom stereocenters. The van der Waals surface area contributed by atoms with Gasteiger partial charge >= 0.3 is 11.9 Å². The van der Waals surface area contributed by atoms with Crippen molar-refractivity contribution < 1.29 is 23.1 Å². The lowest BCUT2D eigenvalue weighted by atomic mass is 10.1. The number of benzene rings is 1. The van der Waals surface area contributed by atoms with E-state index in [0.29, 0.717) is 5.56 Å². The van der Waals surface area contributed by atoms with Crippen LogP contribution in [0.5, 0.6) is 0 Å². The van der Waals surface area contributed by atoms with Crippen LogP contribution in [0.4, 0.5) is 8.78 Å². The van der Waals surface area contributed by atoms with Gasteiger partial charge in [-0.25, -0.2) is 0 Å². The molecule has 0 fully saturated rings. The molecule has 0 amide bonds. The summed E-state index contributed by atoms with van der Waals surface area (Å²) in [6.07, 6.45) is -0.403. The normalized spacial score (nSPS) is 12.1. The Morgan fingerprint density at radius 2 is 1.74 bits per heavy atom. The summed E-state index contributed by atoms with van der Waals surface area (Å²) in [5.41, 5.74) is -0.420. The summed E-state index contributed by atoms with van der Waals surface area (Å²) in [6.45, 7) is 5.25. The van der Waals surface area contributed by atoms with Gasteiger partial charge in [0.15, 0.2) is 6.29 Å². The van der Waals surface area contributed by atoms with E-state index in [1.807, 2.05) is 0 Å². The first-order chi connectivity index (χ1) is 8.64. The largest absolute Gasteiger partial charge is 0.460 e. The van der Waals surface area contributed by atoms with E-state index >= 15 is 0 Å². The van der Waals surface area contributed by atoms with Crippen molar-refractivity contribution in [3.8, 4) is 0 Å². The summed E-state index contributed by atoms with van der Waals surface area (Å²) in [6, 6.07) is 5.04. The lowest BCUT2D eigenvalue weighted by Crippen LogP contribution is -2.24. The van der Waals surface area contributed by atoms with Gasteiger partial charge in [0.25, 0.3) is 0 Å². The molecule has 0 radical (unpaired) electrons. The first kappa shape index (κ1) is 15.3. The third kappa shape index (κ3) is 4.77. The molecule has 0 heterocycles. The van der Waals surface area contributed by atoms with Crippen LogP contribution in [0.3, 0.4) is 0 Å². The molecule has 0 spiro atoms. The van der Waals surface area contributed by atoms with Gasteiger partial charge in [0.05, 0.1) is 6.42 Å². The Balaban J connectivity index is 2.73. The highest BCUT2D eigenvalue weighted by atomic mass is 19.3. The van der Waals surface area contributed by atoms with E-state index in [4.69, 9.17) is 4.74 Å². The molecule has 0 aromatic heterocycles. The Bertz CT molecular complexity index is 459. The maximum Gasteiger partial charge on any atom is 0.327 e. The highest BCUT2D eigenvalue weighted by Crippen LogP contribution is 2.25. The van der Waals surface area contributed by atoms with E-state index in [0.717, 1.165) is 12.1 Å². The molecule has 0 N–H and O–H groups in total. The number of alkyl halides is 2. The van der Waals surface area contributed by atoms with Crippen LogP contribution < -0.4 is 0 Å². The zero-order chi connectivity index (χ0) is 14.7. The maximum absolute atomic E-state index is 13.0. The molecule has 3 nitrogen and oxygen atoms in total. The van der Waals surface area contributed by atoms with Crippen LogP contribution in [0.2, 0.25) is 0 Å². The maximum atomic E-state index is 13.0. The van der Waals surface area contributed by atoms with Crippen LogP contribution >= 0.6 is 0 Å². The monoisotopic (exact) mass is 270 g/mol. The van der Waals surface area contributed by atoms with Crippen molar-refractivity contribution in [2.75, 3.05) is 0 Å². The van der Waals surface area contributed by atoms with Gasteiger partial charge in [-0.15, -0.1) is 0 Å². The van der Waals surface area contributed by atoms with Crippen LogP contribution in [0.25, 0.3) is 0 Å². The number of hydrogen-bond acceptors (Lipinski definition) is 3. The van der Waals surface area contributed by atoms with Gasteiger partial charge in [0, 0.05) is 5.56 Å². The summed E-state index contributed by atoms with van der Waals surface area (Å²) in [5, 5.41) is 0. The molecule has 0 aliphatic rings. The zero-order valence-electron chi connectivity index (χ0n) is 11.1. The van der Waals surface area contributed by atoms with Crippen LogP contribution in [-0.4, -0.2) is 17.9 Å². The molecule has 0 aliphatic carbocycles. The lowest BCUT2D eigenvalue weighted by molar-refractivity contribution is -0.153. The summed E-state index contributed by atoms with van der Waals surface area (Å²) >= 11 is 0. The average Bonchev–Trinajstić information content (AvgIpc) is 2.27. The standard InChI is InChI=1S/C14H16F2O3/c1-13(2,3)19-12(18)8-10-4-6-11(7-5-10)14(15,16)9-17/h4-7,9H,8H2,1-3H3. The second-order valence-corrected chi connectivity index (χ2v) is 5.20. The van der Waals surface area contributed by atoms with Crippen molar-refractivity contribution in [3.63, 3.8) is 0 Å². The number of halogens is 2. The van der Waals surface area contributed by atoms with Crippen molar-refractivity contribution in [1.29, 1.82) is 0 Å². The summed E-state index contributed by atoms with van der Waals surface area (Å²) in [7, 11) is 0. The van der Waals surface area contributed by atoms with Crippen LogP contribution in [-0.2, 0) is 26.7 Å². The Morgan fingerprint density at radius 1 is 1.21 bits per heavy atom. The molecular weight excluding hydrogens is 254 g/mol. The van der Waals surface area contributed by atoms with Gasteiger partial charge in [-0.3, -0.25) is 9.59 Å². The second kappa shape index (κ2) is 5.47. The molecule has 1 aromatic carbocycles. The van der Waals surface area contributed by atoms with Crippen molar-refractivity contribution in [2.24, 2.45) is 0 Å². The number of esters is 1. The van der Waals surface area contributed by atoms with E-state index in [9.17, 15) is 18.4 Å². The Labute approximate surface area is 110 Å². The number of hydrogen-bond donors (Lipinski definition) is 0. The van der Waals surface area contributed by atoms with E-state index < -0.39 is 29.3 Å². The predicted molar refractivity (Wildman–Crippen MR) is 65.9 cm³/mol. The molecule has 5 heteroatoms. The Kier molecular flexibility index (Phi) is 4.39. The third-order valence-electron chi connectivity index (χ3n) is 2.26. The first-order valence-corrected chi connectivity index (χ1v) is 5.79. The van der Waals surface area contributed by atoms with Crippen LogP contribution in [0.15, 0.2) is 24.3 Å². The smallest absolute Gasteiger partial charge is 0.327 e. The fourth-order valence-corrected chi connectivity index (χ4v) is 1.46. The average molecular weight is 270 g/mol. The van der Waals surface area contributed by atoms with E-state index in [1.54, 1.807) is 20.8 Å². The molecule has 0 atom stereocenters. The van der Waals surface area contributed by atoms with Crippen LogP contribution in [0, 0.1) is 0 Å². The van der Waals surface area contributed by atoms with Crippen molar-refractivity contribution in [3.05, 3.63) is 35.4 Å². The van der Waals surface area contributed by atoms with Gasteiger partial charge < -0.3 is 4.74 Å². The third-order valence-corrected chi connectivity index (χ3v) is 2.26. The molecule has 19 heavy (non-hydrogen) atoms. The number of aldehydes is 1. The second-order valence-electron chi connectivity index (χ2n) is 5.20. The van der Waals surface area contributed by atoms with Crippen molar-refractivity contribution in [1.82, 2.24) is 0 Å². The summed E-state index contributed by atoms with van der Waals surface area (Å²) in [5.74, 6) is -3.92. The highest BCUT2D eigenvalue weighted by molar-refractivity contribution is 5.73. The van der Waals surface area contributed by atoms with E-state index in [2.05, 4.69) is 0 Å². The Hall–Kier alpha value is -1.78. The van der Waals surface area contributed by atoms with Crippen LogP contribution in [0.1, 0.15) is 31.9 Å². The number of carbonyl (C=O) groups excluding carboxylic acids is 2. The van der Waals surface area contributed by atoms with E-state index in [-0.39, 0.29) is 6.42 Å². The minimum atomic E-state index is -3.50. The van der Waals surface area contributed by atoms with E-state index in [1.165, 1.54) is 12.1 Å². The number of ether oxygens (including phenoxy) is 1.